The Bertz CT molecular complexity index is 946. The average molecular weight is 335 g/mol. The first kappa shape index (κ1) is 16.6. The summed E-state index contributed by atoms with van der Waals surface area (Å²) in [4.78, 5) is 23.1. The van der Waals surface area contributed by atoms with E-state index >= 15 is 0 Å². The standard InChI is InChI=1S/C19H17N3O3/c1-13-18(11-15-7-4-3-5-8-15)14(2)21(20-13)19(23)16-9-6-10-17(12-16)22(24)25/h3-10,12H,11H2,1-2H3. The number of nitro groups is 1. The molecule has 3 rings (SSSR count). The molecular weight excluding hydrogens is 318 g/mol. The summed E-state index contributed by atoms with van der Waals surface area (Å²) in [5, 5.41) is 15.3. The Morgan fingerprint density at radius 3 is 2.52 bits per heavy atom. The van der Waals surface area contributed by atoms with Crippen molar-refractivity contribution in [3.63, 3.8) is 0 Å². The Balaban J connectivity index is 1.96. The van der Waals surface area contributed by atoms with Gasteiger partial charge in [-0.25, -0.2) is 4.68 Å². The van der Waals surface area contributed by atoms with Gasteiger partial charge in [-0.2, -0.15) is 5.10 Å². The van der Waals surface area contributed by atoms with Crippen molar-refractivity contribution < 1.29 is 9.72 Å². The summed E-state index contributed by atoms with van der Waals surface area (Å²) in [7, 11) is 0. The molecule has 0 saturated carbocycles. The van der Waals surface area contributed by atoms with Crippen molar-refractivity contribution in [2.24, 2.45) is 0 Å². The van der Waals surface area contributed by atoms with Crippen molar-refractivity contribution in [2.75, 3.05) is 0 Å². The lowest BCUT2D eigenvalue weighted by Crippen LogP contribution is -2.15. The fourth-order valence-corrected chi connectivity index (χ4v) is 2.80. The second-order valence-electron chi connectivity index (χ2n) is 5.84. The van der Waals surface area contributed by atoms with Gasteiger partial charge in [0.1, 0.15) is 0 Å². The molecule has 126 valence electrons. The van der Waals surface area contributed by atoms with Crippen molar-refractivity contribution in [2.45, 2.75) is 20.3 Å². The van der Waals surface area contributed by atoms with Crippen molar-refractivity contribution in [1.82, 2.24) is 9.78 Å². The van der Waals surface area contributed by atoms with Crippen molar-refractivity contribution >= 4 is 11.6 Å². The van der Waals surface area contributed by atoms with Gasteiger partial charge in [0.2, 0.25) is 0 Å². The van der Waals surface area contributed by atoms with Crippen LogP contribution in [0.4, 0.5) is 5.69 Å². The summed E-state index contributed by atoms with van der Waals surface area (Å²) in [6, 6.07) is 15.6. The van der Waals surface area contributed by atoms with E-state index in [1.807, 2.05) is 44.2 Å². The van der Waals surface area contributed by atoms with Crippen LogP contribution in [0, 0.1) is 24.0 Å². The summed E-state index contributed by atoms with van der Waals surface area (Å²) < 4.78 is 1.33. The Labute approximate surface area is 144 Å². The number of benzene rings is 2. The molecule has 0 radical (unpaired) electrons. The second kappa shape index (κ2) is 6.68. The third kappa shape index (κ3) is 3.33. The van der Waals surface area contributed by atoms with Crippen LogP contribution < -0.4 is 0 Å². The van der Waals surface area contributed by atoms with Crippen LogP contribution in [-0.2, 0) is 6.42 Å². The Morgan fingerprint density at radius 2 is 1.84 bits per heavy atom. The lowest BCUT2D eigenvalue weighted by atomic mass is 10.0. The number of aryl methyl sites for hydroxylation is 1. The normalized spacial score (nSPS) is 10.6. The zero-order chi connectivity index (χ0) is 18.0. The first-order valence-corrected chi connectivity index (χ1v) is 7.85. The lowest BCUT2D eigenvalue weighted by Gasteiger charge is -2.05. The van der Waals surface area contributed by atoms with Gasteiger partial charge in [-0.05, 0) is 25.5 Å². The van der Waals surface area contributed by atoms with E-state index in [1.54, 1.807) is 6.07 Å². The maximum atomic E-state index is 12.7. The van der Waals surface area contributed by atoms with Gasteiger partial charge in [0, 0.05) is 35.4 Å². The number of rotatable bonds is 4. The highest BCUT2D eigenvalue weighted by molar-refractivity contribution is 5.96. The molecule has 0 atom stereocenters. The van der Waals surface area contributed by atoms with E-state index in [4.69, 9.17) is 0 Å². The zero-order valence-corrected chi connectivity index (χ0v) is 14.0. The largest absolute Gasteiger partial charge is 0.278 e. The Hall–Kier alpha value is -3.28. The molecule has 1 heterocycles. The molecule has 0 unspecified atom stereocenters. The van der Waals surface area contributed by atoms with Crippen LogP contribution in [0.15, 0.2) is 54.6 Å². The van der Waals surface area contributed by atoms with E-state index in [2.05, 4.69) is 5.10 Å². The van der Waals surface area contributed by atoms with E-state index in [-0.39, 0.29) is 17.2 Å². The number of nitrogens with zero attached hydrogens (tertiary/aromatic N) is 3. The van der Waals surface area contributed by atoms with Gasteiger partial charge < -0.3 is 0 Å². The minimum atomic E-state index is -0.515. The summed E-state index contributed by atoms with van der Waals surface area (Å²) >= 11 is 0. The highest BCUT2D eigenvalue weighted by Gasteiger charge is 2.19. The molecule has 0 spiro atoms. The maximum Gasteiger partial charge on any atom is 0.278 e. The van der Waals surface area contributed by atoms with Gasteiger partial charge in [0.25, 0.3) is 11.6 Å². The SMILES string of the molecule is Cc1nn(C(=O)c2cccc([N+](=O)[O-])c2)c(C)c1Cc1ccccc1. The predicted molar refractivity (Wildman–Crippen MR) is 93.8 cm³/mol. The van der Waals surface area contributed by atoms with Crippen LogP contribution in [0.25, 0.3) is 0 Å². The molecule has 0 aliphatic rings. The molecule has 6 nitrogen and oxygen atoms in total. The molecule has 0 N–H and O–H groups in total. The minimum Gasteiger partial charge on any atom is -0.267 e. The maximum absolute atomic E-state index is 12.7. The fourth-order valence-electron chi connectivity index (χ4n) is 2.80. The summed E-state index contributed by atoms with van der Waals surface area (Å²) in [5.74, 6) is -0.372. The van der Waals surface area contributed by atoms with E-state index in [0.29, 0.717) is 6.42 Å². The molecule has 0 aliphatic carbocycles. The number of non-ortho nitro benzene ring substituents is 1. The topological polar surface area (TPSA) is 78.0 Å². The molecule has 0 bridgehead atoms. The molecule has 1 aromatic heterocycles. The first-order chi connectivity index (χ1) is 12.0. The average Bonchev–Trinajstić information content (AvgIpc) is 2.90. The molecule has 3 aromatic rings. The summed E-state index contributed by atoms with van der Waals surface area (Å²) in [6.45, 7) is 3.70. The van der Waals surface area contributed by atoms with Gasteiger partial charge in [-0.3, -0.25) is 14.9 Å². The number of aromatic nitrogens is 2. The highest BCUT2D eigenvalue weighted by atomic mass is 16.6. The summed E-state index contributed by atoms with van der Waals surface area (Å²) in [5.41, 5.74) is 3.78. The van der Waals surface area contributed by atoms with Crippen molar-refractivity contribution in [3.05, 3.63) is 92.8 Å². The van der Waals surface area contributed by atoms with Crippen LogP contribution in [0.5, 0.6) is 0 Å². The van der Waals surface area contributed by atoms with Gasteiger partial charge in [-0.1, -0.05) is 36.4 Å². The molecule has 25 heavy (non-hydrogen) atoms. The van der Waals surface area contributed by atoms with Gasteiger partial charge in [-0.15, -0.1) is 0 Å². The summed E-state index contributed by atoms with van der Waals surface area (Å²) in [6.07, 6.45) is 0.681. The number of carbonyl (C=O) groups excluding carboxylic acids is 1. The molecule has 0 aliphatic heterocycles. The zero-order valence-electron chi connectivity index (χ0n) is 14.0. The highest BCUT2D eigenvalue weighted by Crippen LogP contribution is 2.20. The van der Waals surface area contributed by atoms with E-state index in [0.717, 1.165) is 22.5 Å². The molecule has 6 heteroatoms. The smallest absolute Gasteiger partial charge is 0.267 e. The van der Waals surface area contributed by atoms with Crippen LogP contribution in [-0.4, -0.2) is 20.6 Å². The monoisotopic (exact) mass is 335 g/mol. The van der Waals surface area contributed by atoms with Crippen molar-refractivity contribution in [1.29, 1.82) is 0 Å². The third-order valence-electron chi connectivity index (χ3n) is 4.16. The van der Waals surface area contributed by atoms with E-state index < -0.39 is 4.92 Å². The molecule has 2 aromatic carbocycles. The Morgan fingerprint density at radius 1 is 1.12 bits per heavy atom. The second-order valence-corrected chi connectivity index (χ2v) is 5.84. The minimum absolute atomic E-state index is 0.114. The van der Waals surface area contributed by atoms with Gasteiger partial charge in [0.15, 0.2) is 0 Å². The van der Waals surface area contributed by atoms with Gasteiger partial charge in [0.05, 0.1) is 10.6 Å². The van der Waals surface area contributed by atoms with E-state index in [9.17, 15) is 14.9 Å². The van der Waals surface area contributed by atoms with Crippen LogP contribution >= 0.6 is 0 Å². The van der Waals surface area contributed by atoms with Crippen molar-refractivity contribution in [3.8, 4) is 0 Å². The molecule has 0 fully saturated rings. The third-order valence-corrected chi connectivity index (χ3v) is 4.16. The number of carbonyl (C=O) groups is 1. The number of hydrogen-bond donors (Lipinski definition) is 0. The Kier molecular flexibility index (Phi) is 4.43. The molecule has 0 saturated heterocycles. The number of nitro benzene ring substituents is 1. The fraction of sp³-hybridized carbons (Fsp3) is 0.158. The lowest BCUT2D eigenvalue weighted by molar-refractivity contribution is -0.384. The van der Waals surface area contributed by atoms with Crippen LogP contribution in [0.1, 0.15) is 32.9 Å². The van der Waals surface area contributed by atoms with Gasteiger partial charge >= 0.3 is 0 Å². The van der Waals surface area contributed by atoms with Crippen LogP contribution in [0.2, 0.25) is 0 Å². The predicted octanol–water partition coefficient (Wildman–Crippen LogP) is 3.69. The van der Waals surface area contributed by atoms with Crippen LogP contribution in [0.3, 0.4) is 0 Å². The molecule has 0 amide bonds. The van der Waals surface area contributed by atoms with E-state index in [1.165, 1.54) is 22.9 Å². The first-order valence-electron chi connectivity index (χ1n) is 7.85. The molecular formula is C19H17N3O3. The quantitative estimate of drug-likeness (QED) is 0.538. The number of hydrogen-bond acceptors (Lipinski definition) is 4.